The van der Waals surface area contributed by atoms with Gasteiger partial charge in [-0.05, 0) is 19.3 Å². The number of aliphatic carboxylic acids is 1. The number of carboxylic acid groups (broad SMARTS) is 1. The Kier molecular flexibility index (Phi) is 20.5. The molecule has 1 atom stereocenters. The highest BCUT2D eigenvalue weighted by Crippen LogP contribution is 2.13. The standard InChI is InChI=1S/C18H37NO2.ClH/c1-2-3-4-11-14-17(19)15-12-9-7-5-6-8-10-13-16-18(20)21;/h17H,2-16,19H2,1H3,(H,20,21);1H/p-1. The lowest BCUT2D eigenvalue weighted by molar-refractivity contribution is -0.137. The van der Waals surface area contributed by atoms with E-state index in [4.69, 9.17) is 10.8 Å². The lowest BCUT2D eigenvalue weighted by Gasteiger charge is -2.11. The maximum absolute atomic E-state index is 10.3. The van der Waals surface area contributed by atoms with Crippen LogP contribution in [0.3, 0.4) is 0 Å². The molecule has 0 saturated heterocycles. The smallest absolute Gasteiger partial charge is 0.303 e. The number of carboxylic acids is 1. The van der Waals surface area contributed by atoms with E-state index >= 15 is 0 Å². The van der Waals surface area contributed by atoms with Crippen molar-refractivity contribution in [2.75, 3.05) is 0 Å². The zero-order chi connectivity index (χ0) is 15.8. The number of unbranched alkanes of at least 4 members (excludes halogenated alkanes) is 10. The molecule has 4 heteroatoms. The topological polar surface area (TPSA) is 63.3 Å². The van der Waals surface area contributed by atoms with Crippen molar-refractivity contribution in [3.05, 3.63) is 0 Å². The Morgan fingerprint density at radius 3 is 1.68 bits per heavy atom. The lowest BCUT2D eigenvalue weighted by atomic mass is 10.0. The molecule has 0 radical (unpaired) electrons. The van der Waals surface area contributed by atoms with Gasteiger partial charge in [-0.3, -0.25) is 4.79 Å². The van der Waals surface area contributed by atoms with Crippen molar-refractivity contribution in [1.82, 2.24) is 0 Å². The Bertz CT molecular complexity index is 237. The summed E-state index contributed by atoms with van der Waals surface area (Å²) in [5, 5.41) is 8.53. The zero-order valence-electron chi connectivity index (χ0n) is 14.5. The number of rotatable bonds is 16. The number of hydrogen-bond acceptors (Lipinski definition) is 2. The lowest BCUT2D eigenvalue weighted by Crippen LogP contribution is -3.00. The molecule has 0 spiro atoms. The summed E-state index contributed by atoms with van der Waals surface area (Å²) < 4.78 is 0. The second-order valence-electron chi connectivity index (χ2n) is 6.37. The minimum atomic E-state index is -0.666. The third-order valence-electron chi connectivity index (χ3n) is 4.14. The van der Waals surface area contributed by atoms with Crippen molar-refractivity contribution in [3.8, 4) is 0 Å². The maximum atomic E-state index is 10.3. The average molecular weight is 335 g/mol. The van der Waals surface area contributed by atoms with Gasteiger partial charge in [-0.25, -0.2) is 0 Å². The molecule has 0 bridgehead atoms. The Hall–Kier alpha value is -0.280. The number of nitrogens with two attached hydrogens (primary N) is 1. The Morgan fingerprint density at radius 1 is 0.818 bits per heavy atom. The van der Waals surface area contributed by atoms with Crippen LogP contribution in [0.5, 0.6) is 0 Å². The molecule has 1 unspecified atom stereocenters. The number of halogens is 1. The van der Waals surface area contributed by atoms with Crippen LogP contribution >= 0.6 is 0 Å². The predicted molar refractivity (Wildman–Crippen MR) is 90.5 cm³/mol. The van der Waals surface area contributed by atoms with Crippen LogP contribution in [-0.4, -0.2) is 17.1 Å². The van der Waals surface area contributed by atoms with Crippen molar-refractivity contribution in [3.63, 3.8) is 0 Å². The van der Waals surface area contributed by atoms with Crippen molar-refractivity contribution < 1.29 is 22.3 Å². The summed E-state index contributed by atoms with van der Waals surface area (Å²) in [6.07, 6.45) is 17.5. The first-order chi connectivity index (χ1) is 10.2. The molecule has 3 nitrogen and oxygen atoms in total. The molecule has 134 valence electrons. The van der Waals surface area contributed by atoms with Gasteiger partial charge in [-0.2, -0.15) is 0 Å². The molecule has 0 aromatic carbocycles. The van der Waals surface area contributed by atoms with E-state index in [9.17, 15) is 4.79 Å². The Balaban J connectivity index is 0. The molecule has 0 aliphatic rings. The minimum absolute atomic E-state index is 0. The SMILES string of the molecule is CCCCCCC(N)CCCCCCCCCCC(=O)O.[Cl-]. The highest BCUT2D eigenvalue weighted by atomic mass is 35.5. The van der Waals surface area contributed by atoms with Gasteiger partial charge in [0.25, 0.3) is 0 Å². The van der Waals surface area contributed by atoms with Gasteiger partial charge in [0.05, 0.1) is 0 Å². The largest absolute Gasteiger partial charge is 1.00 e. The molecule has 0 aromatic rings. The highest BCUT2D eigenvalue weighted by Gasteiger charge is 2.02. The van der Waals surface area contributed by atoms with Crippen molar-refractivity contribution in [2.45, 2.75) is 109 Å². The van der Waals surface area contributed by atoms with Gasteiger partial charge in [0.15, 0.2) is 0 Å². The third-order valence-corrected chi connectivity index (χ3v) is 4.14. The molecule has 0 heterocycles. The second-order valence-corrected chi connectivity index (χ2v) is 6.37. The van der Waals surface area contributed by atoms with E-state index in [1.807, 2.05) is 0 Å². The van der Waals surface area contributed by atoms with Crippen LogP contribution in [0.4, 0.5) is 0 Å². The Morgan fingerprint density at radius 2 is 1.23 bits per heavy atom. The molecule has 0 fully saturated rings. The highest BCUT2D eigenvalue weighted by molar-refractivity contribution is 5.66. The van der Waals surface area contributed by atoms with E-state index in [-0.39, 0.29) is 12.4 Å². The molecular formula is C18H37ClNO2-. The summed E-state index contributed by atoms with van der Waals surface area (Å²) in [5.41, 5.74) is 6.13. The summed E-state index contributed by atoms with van der Waals surface area (Å²) in [6, 6.07) is 0.415. The fraction of sp³-hybridized carbons (Fsp3) is 0.944. The Labute approximate surface area is 143 Å². The fourth-order valence-corrected chi connectivity index (χ4v) is 2.72. The van der Waals surface area contributed by atoms with Crippen LogP contribution in [0, 0.1) is 0 Å². The summed E-state index contributed by atoms with van der Waals surface area (Å²) in [6.45, 7) is 2.24. The number of hydrogen-bond donors (Lipinski definition) is 2. The van der Waals surface area contributed by atoms with Gasteiger partial charge in [0.2, 0.25) is 0 Å². The van der Waals surface area contributed by atoms with Crippen LogP contribution in [0.25, 0.3) is 0 Å². The summed E-state index contributed by atoms with van der Waals surface area (Å²) in [7, 11) is 0. The van der Waals surface area contributed by atoms with E-state index in [0.29, 0.717) is 12.5 Å². The summed E-state index contributed by atoms with van der Waals surface area (Å²) in [5.74, 6) is -0.666. The van der Waals surface area contributed by atoms with Gasteiger partial charge >= 0.3 is 5.97 Å². The van der Waals surface area contributed by atoms with Crippen molar-refractivity contribution in [2.24, 2.45) is 5.73 Å². The molecule has 0 aliphatic carbocycles. The average Bonchev–Trinajstić information content (AvgIpc) is 2.45. The molecule has 0 rings (SSSR count). The molecule has 0 amide bonds. The van der Waals surface area contributed by atoms with E-state index < -0.39 is 5.97 Å². The van der Waals surface area contributed by atoms with Crippen molar-refractivity contribution >= 4 is 5.97 Å². The molecule has 0 saturated carbocycles. The first-order valence-electron chi connectivity index (χ1n) is 9.14. The maximum Gasteiger partial charge on any atom is 0.303 e. The minimum Gasteiger partial charge on any atom is -1.00 e. The van der Waals surface area contributed by atoms with Gasteiger partial charge < -0.3 is 23.2 Å². The quantitative estimate of drug-likeness (QED) is 0.426. The van der Waals surface area contributed by atoms with E-state index in [2.05, 4.69) is 6.92 Å². The van der Waals surface area contributed by atoms with Crippen LogP contribution in [-0.2, 0) is 4.79 Å². The fourth-order valence-electron chi connectivity index (χ4n) is 2.72. The van der Waals surface area contributed by atoms with Gasteiger partial charge in [-0.15, -0.1) is 0 Å². The van der Waals surface area contributed by atoms with Gasteiger partial charge in [0.1, 0.15) is 0 Å². The van der Waals surface area contributed by atoms with Gasteiger partial charge in [-0.1, -0.05) is 77.6 Å². The molecular weight excluding hydrogens is 298 g/mol. The first-order valence-corrected chi connectivity index (χ1v) is 9.14. The van der Waals surface area contributed by atoms with Crippen molar-refractivity contribution in [1.29, 1.82) is 0 Å². The molecule has 0 aliphatic heterocycles. The molecule has 22 heavy (non-hydrogen) atoms. The predicted octanol–water partition coefficient (Wildman–Crippen LogP) is 2.27. The van der Waals surface area contributed by atoms with Crippen LogP contribution in [0.2, 0.25) is 0 Å². The third kappa shape index (κ3) is 19.7. The van der Waals surface area contributed by atoms with E-state index in [0.717, 1.165) is 12.8 Å². The summed E-state index contributed by atoms with van der Waals surface area (Å²) in [4.78, 5) is 10.3. The summed E-state index contributed by atoms with van der Waals surface area (Å²) >= 11 is 0. The normalized spacial score (nSPS) is 11.9. The molecule has 3 N–H and O–H groups in total. The van der Waals surface area contributed by atoms with E-state index in [1.54, 1.807) is 0 Å². The monoisotopic (exact) mass is 334 g/mol. The zero-order valence-corrected chi connectivity index (χ0v) is 15.3. The van der Waals surface area contributed by atoms with Gasteiger partial charge in [0, 0.05) is 12.5 Å². The molecule has 0 aromatic heterocycles. The van der Waals surface area contributed by atoms with E-state index in [1.165, 1.54) is 77.0 Å². The first kappa shape index (κ1) is 24.0. The van der Waals surface area contributed by atoms with Crippen LogP contribution in [0.1, 0.15) is 103 Å². The second kappa shape index (κ2) is 18.8. The van der Waals surface area contributed by atoms with Crippen LogP contribution < -0.4 is 18.1 Å². The number of carbonyl (C=O) groups is 1. The van der Waals surface area contributed by atoms with Crippen LogP contribution in [0.15, 0.2) is 0 Å².